The Morgan fingerprint density at radius 2 is 1.83 bits per heavy atom. The van der Waals surface area contributed by atoms with Crippen LogP contribution >= 0.6 is 0 Å². The molecule has 0 unspecified atom stereocenters. The van der Waals surface area contributed by atoms with E-state index in [4.69, 9.17) is 14.2 Å². The number of aliphatic carboxylic acids is 1. The van der Waals surface area contributed by atoms with E-state index in [0.29, 0.717) is 30.8 Å². The highest BCUT2D eigenvalue weighted by Gasteiger charge is 2.61. The van der Waals surface area contributed by atoms with E-state index < -0.39 is 35.4 Å². The maximum atomic E-state index is 13.6. The molecule has 2 heterocycles. The molecule has 0 bridgehead atoms. The van der Waals surface area contributed by atoms with Crippen molar-refractivity contribution < 1.29 is 33.7 Å². The minimum absolute atomic E-state index is 0.120. The molecule has 11 nitrogen and oxygen atoms in total. The average Bonchev–Trinajstić information content (AvgIpc) is 3.51. The molecule has 2 amide bonds. The van der Waals surface area contributed by atoms with E-state index in [9.17, 15) is 19.5 Å². The van der Waals surface area contributed by atoms with E-state index in [0.717, 1.165) is 24.8 Å². The molecule has 0 saturated heterocycles. The van der Waals surface area contributed by atoms with Crippen LogP contribution in [0, 0.1) is 17.8 Å². The number of nitrogens with one attached hydrogen (secondary N) is 1. The maximum absolute atomic E-state index is 13.6. The highest BCUT2D eigenvalue weighted by Crippen LogP contribution is 2.46. The van der Waals surface area contributed by atoms with Gasteiger partial charge < -0.3 is 29.5 Å². The molecular formula is C30H36N4O7. The summed E-state index contributed by atoms with van der Waals surface area (Å²) in [4.78, 5) is 49.8. The molecule has 2 saturated carbocycles. The third-order valence-corrected chi connectivity index (χ3v) is 8.31. The number of carbonyl (C=O) groups excluding carboxylic acids is 2. The lowest BCUT2D eigenvalue weighted by Crippen LogP contribution is -2.49. The first-order valence-electron chi connectivity index (χ1n) is 13.9. The summed E-state index contributed by atoms with van der Waals surface area (Å²) in [6.45, 7) is 0.583. The fourth-order valence-electron chi connectivity index (χ4n) is 5.83. The molecule has 5 rings (SSSR count). The van der Waals surface area contributed by atoms with E-state index >= 15 is 0 Å². The summed E-state index contributed by atoms with van der Waals surface area (Å²) in [6, 6.07) is 9.18. The smallest absolute Gasteiger partial charge is 0.330 e. The van der Waals surface area contributed by atoms with Crippen molar-refractivity contribution in [1.82, 2.24) is 20.2 Å². The fraction of sp³-hybridized carbons (Fsp3) is 0.500. The Morgan fingerprint density at radius 3 is 2.54 bits per heavy atom. The van der Waals surface area contributed by atoms with Gasteiger partial charge in [-0.15, -0.1) is 0 Å². The van der Waals surface area contributed by atoms with Crippen molar-refractivity contribution in [3.63, 3.8) is 0 Å². The zero-order valence-corrected chi connectivity index (χ0v) is 23.5. The summed E-state index contributed by atoms with van der Waals surface area (Å²) in [6.07, 6.45) is 6.77. The van der Waals surface area contributed by atoms with Crippen LogP contribution in [0.1, 0.15) is 38.5 Å². The van der Waals surface area contributed by atoms with Crippen molar-refractivity contribution in [2.75, 3.05) is 27.8 Å². The number of amides is 2. The topological polar surface area (TPSA) is 140 Å². The van der Waals surface area contributed by atoms with Crippen LogP contribution in [0.15, 0.2) is 42.5 Å². The summed E-state index contributed by atoms with van der Waals surface area (Å²) >= 11 is 0. The summed E-state index contributed by atoms with van der Waals surface area (Å²) in [5, 5.41) is 12.8. The van der Waals surface area contributed by atoms with E-state index in [1.54, 1.807) is 25.1 Å². The normalized spacial score (nSPS) is 28.9. The second-order valence-corrected chi connectivity index (χ2v) is 11.0. The number of rotatable bonds is 6. The molecule has 2 fully saturated rings. The Labute approximate surface area is 238 Å². The SMILES string of the molecule is COc1ccc(-c2cc(O[C@@H]3C[C@H]4C(=O)N[C@]5(C(=O)O)C[C@@H]5/C=C\CCCCN(C)C(=O)[C@@H]4C3)nc(OC)n2)cc1. The van der Waals surface area contributed by atoms with Gasteiger partial charge in [-0.3, -0.25) is 9.59 Å². The first-order chi connectivity index (χ1) is 19.7. The lowest BCUT2D eigenvalue weighted by molar-refractivity contribution is -0.145. The lowest BCUT2D eigenvalue weighted by atomic mass is 9.93. The predicted molar refractivity (Wildman–Crippen MR) is 148 cm³/mol. The second-order valence-electron chi connectivity index (χ2n) is 11.0. The van der Waals surface area contributed by atoms with Crippen LogP contribution in [0.2, 0.25) is 0 Å². The number of fused-ring (bicyclic) bond motifs is 2. The van der Waals surface area contributed by atoms with Gasteiger partial charge >= 0.3 is 12.0 Å². The largest absolute Gasteiger partial charge is 0.497 e. The van der Waals surface area contributed by atoms with E-state index in [2.05, 4.69) is 15.3 Å². The van der Waals surface area contributed by atoms with E-state index in [1.165, 1.54) is 7.11 Å². The molecule has 2 aromatic rings. The van der Waals surface area contributed by atoms with Gasteiger partial charge in [0.1, 0.15) is 17.4 Å². The molecule has 5 atom stereocenters. The number of methoxy groups -OCH3 is 2. The Kier molecular flexibility index (Phi) is 8.14. The minimum atomic E-state index is -1.33. The van der Waals surface area contributed by atoms with Crippen LogP contribution < -0.4 is 19.5 Å². The maximum Gasteiger partial charge on any atom is 0.330 e. The lowest BCUT2D eigenvalue weighted by Gasteiger charge is -2.26. The zero-order chi connectivity index (χ0) is 29.1. The van der Waals surface area contributed by atoms with Crippen molar-refractivity contribution >= 4 is 17.8 Å². The van der Waals surface area contributed by atoms with Crippen molar-refractivity contribution in [1.29, 1.82) is 0 Å². The number of benzene rings is 1. The summed E-state index contributed by atoms with van der Waals surface area (Å²) in [5.41, 5.74) is 0.0543. The first-order valence-corrected chi connectivity index (χ1v) is 13.9. The van der Waals surface area contributed by atoms with Gasteiger partial charge in [-0.2, -0.15) is 9.97 Å². The minimum Gasteiger partial charge on any atom is -0.497 e. The van der Waals surface area contributed by atoms with Gasteiger partial charge in [0, 0.05) is 31.1 Å². The molecule has 0 radical (unpaired) electrons. The van der Waals surface area contributed by atoms with Gasteiger partial charge in [-0.1, -0.05) is 12.2 Å². The molecule has 2 N–H and O–H groups in total. The molecule has 0 spiro atoms. The third kappa shape index (κ3) is 5.98. The number of carboxylic acid groups (broad SMARTS) is 1. The van der Waals surface area contributed by atoms with Crippen molar-refractivity contribution in [3.05, 3.63) is 42.5 Å². The standard InChI is InChI=1S/C30H36N4O7/c1-34-13-7-5-4-6-8-19-17-30(19,28(37)38)33-26(35)22-14-21(15-23(22)27(34)36)41-25-16-24(31-29(32-25)40-3)18-9-11-20(39-2)12-10-18/h6,8-12,16,19,21-23H,4-5,7,13-15,17H2,1-3H3,(H,33,35)(H,37,38)/b8-6-/t19-,21+,22+,23+,30+/m0/s1. The first kappa shape index (κ1) is 28.4. The highest BCUT2D eigenvalue weighted by atomic mass is 16.5. The van der Waals surface area contributed by atoms with Gasteiger partial charge in [0.15, 0.2) is 0 Å². The van der Waals surface area contributed by atoms with Crippen molar-refractivity contribution in [2.24, 2.45) is 17.8 Å². The number of hydrogen-bond donors (Lipinski definition) is 2. The van der Waals surface area contributed by atoms with Crippen molar-refractivity contribution in [2.45, 2.75) is 50.2 Å². The van der Waals surface area contributed by atoms with E-state index in [-0.39, 0.29) is 30.1 Å². The van der Waals surface area contributed by atoms with Crippen LogP contribution in [0.25, 0.3) is 11.3 Å². The average molecular weight is 565 g/mol. The summed E-state index contributed by atoms with van der Waals surface area (Å²) < 4.78 is 16.8. The Hall–Kier alpha value is -4.15. The molecule has 218 valence electrons. The number of carbonyl (C=O) groups is 3. The zero-order valence-electron chi connectivity index (χ0n) is 23.5. The molecule has 11 heteroatoms. The Bertz CT molecular complexity index is 1330. The number of carboxylic acids is 1. The molecule has 3 aliphatic rings. The molecule has 1 aliphatic heterocycles. The van der Waals surface area contributed by atoms with Gasteiger partial charge in [0.05, 0.1) is 31.7 Å². The Morgan fingerprint density at radius 1 is 1.07 bits per heavy atom. The number of aromatic nitrogens is 2. The van der Waals surface area contributed by atoms with Crippen molar-refractivity contribution in [3.8, 4) is 28.9 Å². The highest BCUT2D eigenvalue weighted by molar-refractivity contribution is 5.94. The quantitative estimate of drug-likeness (QED) is 0.507. The van der Waals surface area contributed by atoms with Gasteiger partial charge in [0.25, 0.3) is 0 Å². The van der Waals surface area contributed by atoms with Crippen LogP contribution in [0.5, 0.6) is 17.6 Å². The monoisotopic (exact) mass is 564 g/mol. The molecule has 2 aliphatic carbocycles. The van der Waals surface area contributed by atoms with Crippen LogP contribution in [-0.4, -0.2) is 77.2 Å². The fourth-order valence-corrected chi connectivity index (χ4v) is 5.83. The predicted octanol–water partition coefficient (Wildman–Crippen LogP) is 3.09. The number of nitrogens with zero attached hydrogens (tertiary/aromatic N) is 3. The van der Waals surface area contributed by atoms with Crippen LogP contribution in [0.4, 0.5) is 0 Å². The second kappa shape index (κ2) is 11.8. The number of hydrogen-bond acceptors (Lipinski definition) is 8. The number of allylic oxidation sites excluding steroid dienone is 1. The molecule has 1 aromatic carbocycles. The number of ether oxygens (including phenoxy) is 3. The Balaban J connectivity index is 1.39. The summed E-state index contributed by atoms with van der Waals surface area (Å²) in [7, 11) is 4.81. The van der Waals surface area contributed by atoms with Gasteiger partial charge in [0.2, 0.25) is 17.7 Å². The molecule has 41 heavy (non-hydrogen) atoms. The summed E-state index contributed by atoms with van der Waals surface area (Å²) in [5.74, 6) is -2.30. The third-order valence-electron chi connectivity index (χ3n) is 8.31. The van der Waals surface area contributed by atoms with Crippen LogP contribution in [0.3, 0.4) is 0 Å². The van der Waals surface area contributed by atoms with Gasteiger partial charge in [-0.25, -0.2) is 4.79 Å². The van der Waals surface area contributed by atoms with E-state index in [1.807, 2.05) is 36.4 Å². The van der Waals surface area contributed by atoms with Crippen LogP contribution in [-0.2, 0) is 14.4 Å². The van der Waals surface area contributed by atoms with Gasteiger partial charge in [-0.05, 0) is 62.8 Å². The molecular weight excluding hydrogens is 528 g/mol. The molecule has 1 aromatic heterocycles.